The molecule has 0 radical (unpaired) electrons. The first kappa shape index (κ1) is 15.8. The van der Waals surface area contributed by atoms with Crippen molar-refractivity contribution in [2.75, 3.05) is 5.32 Å². The van der Waals surface area contributed by atoms with Gasteiger partial charge >= 0.3 is 0 Å². The molecule has 2 aromatic heterocycles. The van der Waals surface area contributed by atoms with Crippen LogP contribution in [0.5, 0.6) is 0 Å². The van der Waals surface area contributed by atoms with E-state index >= 15 is 0 Å². The SMILES string of the molecule is Fc1cc(F)cc(Nc2ccc3[nH]nc(C#Cc4ccccn4)c3c2)c1. The van der Waals surface area contributed by atoms with Gasteiger partial charge in [0.2, 0.25) is 0 Å². The maximum Gasteiger partial charge on any atom is 0.143 e. The van der Waals surface area contributed by atoms with Gasteiger partial charge in [-0.3, -0.25) is 5.10 Å². The minimum absolute atomic E-state index is 0.325. The number of rotatable bonds is 2. The Morgan fingerprint density at radius 3 is 2.50 bits per heavy atom. The summed E-state index contributed by atoms with van der Waals surface area (Å²) >= 11 is 0. The Labute approximate surface area is 147 Å². The largest absolute Gasteiger partial charge is 0.355 e. The first-order valence-electron chi connectivity index (χ1n) is 7.82. The number of nitrogens with zero attached hydrogens (tertiary/aromatic N) is 2. The van der Waals surface area contributed by atoms with Gasteiger partial charge in [-0.1, -0.05) is 6.07 Å². The van der Waals surface area contributed by atoms with Gasteiger partial charge < -0.3 is 5.32 Å². The van der Waals surface area contributed by atoms with Gasteiger partial charge in [-0.15, -0.1) is 0 Å². The predicted octanol–water partition coefficient (Wildman–Crippen LogP) is 4.38. The summed E-state index contributed by atoms with van der Waals surface area (Å²) in [5.41, 5.74) is 3.02. The maximum atomic E-state index is 13.3. The van der Waals surface area contributed by atoms with E-state index < -0.39 is 11.6 Å². The van der Waals surface area contributed by atoms with E-state index in [4.69, 9.17) is 0 Å². The Morgan fingerprint density at radius 2 is 1.73 bits per heavy atom. The van der Waals surface area contributed by atoms with E-state index in [0.29, 0.717) is 22.8 Å². The van der Waals surface area contributed by atoms with Crippen LogP contribution in [-0.2, 0) is 0 Å². The summed E-state index contributed by atoms with van der Waals surface area (Å²) in [4.78, 5) is 4.15. The van der Waals surface area contributed by atoms with Gasteiger partial charge in [-0.25, -0.2) is 13.8 Å². The lowest BCUT2D eigenvalue weighted by Crippen LogP contribution is -1.92. The van der Waals surface area contributed by atoms with Crippen LogP contribution in [0, 0.1) is 23.5 Å². The first-order valence-corrected chi connectivity index (χ1v) is 7.82. The average molecular weight is 346 g/mol. The molecule has 0 aliphatic heterocycles. The molecule has 0 aliphatic carbocycles. The number of anilines is 2. The second kappa shape index (κ2) is 6.65. The monoisotopic (exact) mass is 346 g/mol. The quantitative estimate of drug-likeness (QED) is 0.530. The van der Waals surface area contributed by atoms with Gasteiger partial charge in [-0.05, 0) is 54.3 Å². The Hall–Kier alpha value is -3.72. The highest BCUT2D eigenvalue weighted by Crippen LogP contribution is 2.24. The van der Waals surface area contributed by atoms with Crippen molar-refractivity contribution in [3.8, 4) is 11.8 Å². The van der Waals surface area contributed by atoms with Crippen molar-refractivity contribution in [2.24, 2.45) is 0 Å². The van der Waals surface area contributed by atoms with Gasteiger partial charge in [0.1, 0.15) is 23.0 Å². The number of hydrogen-bond donors (Lipinski definition) is 2. The van der Waals surface area contributed by atoms with Crippen LogP contribution >= 0.6 is 0 Å². The molecule has 0 bridgehead atoms. The summed E-state index contributed by atoms with van der Waals surface area (Å²) < 4.78 is 26.7. The van der Waals surface area contributed by atoms with E-state index in [1.54, 1.807) is 12.3 Å². The lowest BCUT2D eigenvalue weighted by molar-refractivity contribution is 0.584. The van der Waals surface area contributed by atoms with E-state index in [9.17, 15) is 8.78 Å². The molecule has 0 fully saturated rings. The van der Waals surface area contributed by atoms with E-state index in [-0.39, 0.29) is 0 Å². The standard InChI is InChI=1S/C20H12F2N4/c21-13-9-14(22)11-17(10-13)24-16-5-7-20-18(12-16)19(25-26-20)6-4-15-3-1-2-8-23-15/h1-3,5,7-12,24H,(H,25,26). The molecule has 2 N–H and O–H groups in total. The number of benzene rings is 2. The number of fused-ring (bicyclic) bond motifs is 1. The van der Waals surface area contributed by atoms with Crippen LogP contribution in [-0.4, -0.2) is 15.2 Å². The zero-order valence-corrected chi connectivity index (χ0v) is 13.4. The number of aromatic nitrogens is 3. The van der Waals surface area contributed by atoms with Crippen molar-refractivity contribution in [1.29, 1.82) is 0 Å². The molecule has 4 aromatic rings. The number of aromatic amines is 1. The average Bonchev–Trinajstić information content (AvgIpc) is 3.02. The molecule has 6 heteroatoms. The summed E-state index contributed by atoms with van der Waals surface area (Å²) in [6.45, 7) is 0. The molecule has 0 saturated carbocycles. The molecule has 0 unspecified atom stereocenters. The Morgan fingerprint density at radius 1 is 0.885 bits per heavy atom. The van der Waals surface area contributed by atoms with Crippen LogP contribution in [0.1, 0.15) is 11.4 Å². The Balaban J connectivity index is 1.67. The van der Waals surface area contributed by atoms with Gasteiger partial charge in [0.15, 0.2) is 0 Å². The van der Waals surface area contributed by atoms with Crippen LogP contribution in [0.25, 0.3) is 10.9 Å². The Bertz CT molecular complexity index is 1120. The number of halogens is 2. The van der Waals surface area contributed by atoms with Gasteiger partial charge in [0.05, 0.1) is 5.52 Å². The van der Waals surface area contributed by atoms with Gasteiger partial charge in [0, 0.05) is 29.0 Å². The van der Waals surface area contributed by atoms with Gasteiger partial charge in [-0.2, -0.15) is 5.10 Å². The molecule has 126 valence electrons. The fourth-order valence-corrected chi connectivity index (χ4v) is 2.54. The van der Waals surface area contributed by atoms with E-state index in [1.807, 2.05) is 30.3 Å². The number of H-pyrrole nitrogens is 1. The zero-order valence-electron chi connectivity index (χ0n) is 13.4. The fraction of sp³-hybridized carbons (Fsp3) is 0. The van der Waals surface area contributed by atoms with Crippen molar-refractivity contribution in [3.05, 3.63) is 83.8 Å². The van der Waals surface area contributed by atoms with Crippen molar-refractivity contribution in [1.82, 2.24) is 15.2 Å². The van der Waals surface area contributed by atoms with E-state index in [0.717, 1.165) is 17.0 Å². The highest BCUT2D eigenvalue weighted by Gasteiger charge is 2.06. The molecule has 4 rings (SSSR count). The highest BCUT2D eigenvalue weighted by molar-refractivity contribution is 5.88. The number of pyridine rings is 1. The van der Waals surface area contributed by atoms with E-state index in [2.05, 4.69) is 32.3 Å². The maximum absolute atomic E-state index is 13.3. The second-order valence-electron chi connectivity index (χ2n) is 5.58. The third-order valence-electron chi connectivity index (χ3n) is 3.69. The molecule has 26 heavy (non-hydrogen) atoms. The molecule has 4 nitrogen and oxygen atoms in total. The molecular formula is C20H12F2N4. The van der Waals surface area contributed by atoms with Crippen LogP contribution in [0.2, 0.25) is 0 Å². The lowest BCUT2D eigenvalue weighted by Gasteiger charge is -2.07. The smallest absolute Gasteiger partial charge is 0.143 e. The third-order valence-corrected chi connectivity index (χ3v) is 3.69. The minimum atomic E-state index is -0.640. The first-order chi connectivity index (χ1) is 12.7. The van der Waals surface area contributed by atoms with Gasteiger partial charge in [0.25, 0.3) is 0 Å². The van der Waals surface area contributed by atoms with Crippen molar-refractivity contribution >= 4 is 22.3 Å². The molecule has 0 aliphatic rings. The summed E-state index contributed by atoms with van der Waals surface area (Å²) in [6, 6.07) is 14.2. The highest BCUT2D eigenvalue weighted by atomic mass is 19.1. The number of nitrogens with one attached hydrogen (secondary N) is 2. The molecule has 2 heterocycles. The Kier molecular flexibility index (Phi) is 4.04. The number of hydrogen-bond acceptors (Lipinski definition) is 3. The van der Waals surface area contributed by atoms with Crippen LogP contribution in [0.15, 0.2) is 60.8 Å². The summed E-state index contributed by atoms with van der Waals surface area (Å²) in [7, 11) is 0. The second-order valence-corrected chi connectivity index (χ2v) is 5.58. The lowest BCUT2D eigenvalue weighted by atomic mass is 10.1. The zero-order chi connectivity index (χ0) is 17.9. The van der Waals surface area contributed by atoms with Crippen LogP contribution < -0.4 is 5.32 Å². The van der Waals surface area contributed by atoms with Crippen molar-refractivity contribution in [3.63, 3.8) is 0 Å². The van der Waals surface area contributed by atoms with Crippen molar-refractivity contribution in [2.45, 2.75) is 0 Å². The third kappa shape index (κ3) is 3.37. The summed E-state index contributed by atoms with van der Waals surface area (Å²) in [5, 5.41) is 10.9. The molecule has 0 spiro atoms. The van der Waals surface area contributed by atoms with Crippen LogP contribution in [0.4, 0.5) is 20.2 Å². The molecular weight excluding hydrogens is 334 g/mol. The van der Waals surface area contributed by atoms with Crippen molar-refractivity contribution < 1.29 is 8.78 Å². The minimum Gasteiger partial charge on any atom is -0.355 e. The molecule has 0 amide bonds. The summed E-state index contributed by atoms with van der Waals surface area (Å²) in [6.07, 6.45) is 1.67. The molecule has 0 atom stereocenters. The molecule has 0 saturated heterocycles. The summed E-state index contributed by atoms with van der Waals surface area (Å²) in [5.74, 6) is 4.67. The normalized spacial score (nSPS) is 10.4. The van der Waals surface area contributed by atoms with Crippen LogP contribution in [0.3, 0.4) is 0 Å². The predicted molar refractivity (Wildman–Crippen MR) is 96.0 cm³/mol. The molecule has 2 aromatic carbocycles. The van der Waals surface area contributed by atoms with E-state index in [1.165, 1.54) is 12.1 Å². The topological polar surface area (TPSA) is 53.6 Å². The fourth-order valence-electron chi connectivity index (χ4n) is 2.54.